The Hall–Kier alpha value is -6.23. The number of para-hydroxylation sites is 1. The number of hydrogen-bond acceptors (Lipinski definition) is 18. The average molecular weight is 1190 g/mol. The Morgan fingerprint density at radius 2 is 1.49 bits per heavy atom. The van der Waals surface area contributed by atoms with E-state index < -0.39 is 36.7 Å². The number of thiazole rings is 1. The number of rotatable bonds is 29. The molecule has 3 aromatic carbocycles. The number of aliphatic hydroxyl groups excluding tert-OH is 1. The van der Waals surface area contributed by atoms with E-state index in [4.69, 9.17) is 35.3 Å². The molecule has 0 aliphatic carbocycles. The first kappa shape index (κ1) is 63.4. The van der Waals surface area contributed by atoms with Crippen LogP contribution in [0, 0.1) is 12.3 Å². The number of halogens is 1. The summed E-state index contributed by atoms with van der Waals surface area (Å²) in [6.07, 6.45) is 2.54. The summed E-state index contributed by atoms with van der Waals surface area (Å²) in [7, 11) is -0.975. The molecule has 0 bridgehead atoms. The normalized spacial score (nSPS) is 16.2. The van der Waals surface area contributed by atoms with E-state index >= 15 is 0 Å². The molecule has 2 aliphatic heterocycles. The van der Waals surface area contributed by atoms with Gasteiger partial charge in [0.1, 0.15) is 30.0 Å². The van der Waals surface area contributed by atoms with Crippen molar-refractivity contribution in [2.24, 2.45) is 5.41 Å². The van der Waals surface area contributed by atoms with Gasteiger partial charge >= 0.3 is 0 Å². The zero-order valence-corrected chi connectivity index (χ0v) is 50.3. The highest BCUT2D eigenvalue weighted by Gasteiger charge is 2.44. The Morgan fingerprint density at radius 1 is 0.841 bits per heavy atom. The molecule has 0 saturated carbocycles. The zero-order chi connectivity index (χ0) is 58.8. The van der Waals surface area contributed by atoms with Crippen LogP contribution in [0.15, 0.2) is 78.4 Å². The van der Waals surface area contributed by atoms with Gasteiger partial charge in [-0.25, -0.2) is 9.97 Å². The van der Waals surface area contributed by atoms with Gasteiger partial charge in [-0.05, 0) is 73.9 Å². The standard InChI is InChI=1S/C58H78ClN10O11PS/c1-38-52(82-37-62-38)40-14-12-39(13-15-40)34-60-55(73)47-33-43(70)36-69(47)56(74)53(58(2,3)4)66-51(72)21-25-78-27-29-80-31-30-79-28-26-77-24-20-50(71)63-41-18-22-68(23-19-41)42-16-17-45(48(32-42)76-5)65-57-61-35-44(59)54(67-57)64-46-10-8-9-11-49(46)81(6,7)75/h8-17,32,35,37,41,43,47,53,70H,18-31,33-34,36H2,1-7H3,(H,60,73)(H,63,71)(H,66,72)(H2,61,64,65,67)/t43-,47+,53?/m1/s1. The topological polar surface area (TPSA) is 257 Å². The maximum atomic E-state index is 14.0. The molecule has 24 heteroatoms. The minimum Gasteiger partial charge on any atom is -0.494 e. The van der Waals surface area contributed by atoms with Crippen molar-refractivity contribution in [1.29, 1.82) is 0 Å². The number of anilines is 5. The van der Waals surface area contributed by atoms with Crippen molar-refractivity contribution in [3.63, 3.8) is 0 Å². The van der Waals surface area contributed by atoms with E-state index in [-0.39, 0.29) is 75.9 Å². The molecular formula is C58H78ClN10O11PS. The number of likely N-dealkylation sites (tertiary alicyclic amines) is 1. The van der Waals surface area contributed by atoms with Crippen LogP contribution in [-0.2, 0) is 49.2 Å². The molecular weight excluding hydrogens is 1110 g/mol. The highest BCUT2D eigenvalue weighted by atomic mass is 35.5. The van der Waals surface area contributed by atoms with E-state index in [1.807, 2.05) is 99.9 Å². The lowest BCUT2D eigenvalue weighted by Crippen LogP contribution is -2.57. The van der Waals surface area contributed by atoms with Crippen molar-refractivity contribution in [1.82, 2.24) is 35.8 Å². The number of β-amino-alcohol motifs (C(OH)–C–C–N with tert-alkyl or cyclic N) is 1. The number of carbonyl (C=O) groups is 4. The number of aromatic nitrogens is 3. The van der Waals surface area contributed by atoms with E-state index in [1.54, 1.807) is 31.8 Å². The Bertz CT molecular complexity index is 2970. The van der Waals surface area contributed by atoms with Crippen LogP contribution in [0.25, 0.3) is 10.4 Å². The lowest BCUT2D eigenvalue weighted by molar-refractivity contribution is -0.144. The monoisotopic (exact) mass is 1190 g/mol. The molecule has 21 nitrogen and oxygen atoms in total. The van der Waals surface area contributed by atoms with Gasteiger partial charge in [0.15, 0.2) is 5.82 Å². The molecule has 6 N–H and O–H groups in total. The summed E-state index contributed by atoms with van der Waals surface area (Å²) in [5, 5.41) is 26.9. The first-order chi connectivity index (χ1) is 39.3. The second kappa shape index (κ2) is 30.4. The van der Waals surface area contributed by atoms with Gasteiger partial charge in [-0.1, -0.05) is 68.8 Å². The van der Waals surface area contributed by atoms with Gasteiger partial charge in [-0.15, -0.1) is 11.3 Å². The van der Waals surface area contributed by atoms with E-state index in [2.05, 4.69) is 46.4 Å². The molecule has 4 heterocycles. The first-order valence-corrected chi connectivity index (χ1v) is 31.4. The number of hydrogen-bond donors (Lipinski definition) is 6. The quantitative estimate of drug-likeness (QED) is 0.0207. The smallest absolute Gasteiger partial charge is 0.246 e. The molecule has 82 heavy (non-hydrogen) atoms. The number of nitrogens with one attached hydrogen (secondary N) is 5. The molecule has 4 amide bonds. The van der Waals surface area contributed by atoms with Crippen LogP contribution >= 0.6 is 30.1 Å². The fourth-order valence-electron chi connectivity index (χ4n) is 9.48. The molecule has 1 unspecified atom stereocenters. The van der Waals surface area contributed by atoms with Crippen molar-refractivity contribution in [2.45, 2.75) is 90.6 Å². The van der Waals surface area contributed by atoms with Gasteiger partial charge in [0, 0.05) is 68.5 Å². The van der Waals surface area contributed by atoms with Crippen LogP contribution in [0.5, 0.6) is 5.75 Å². The fourth-order valence-corrected chi connectivity index (χ4v) is 11.6. The number of aryl methyl sites for hydroxylation is 1. The Labute approximate surface area is 489 Å². The van der Waals surface area contributed by atoms with Crippen LogP contribution in [0.4, 0.5) is 28.8 Å². The SMILES string of the molecule is COc1cc(N2CCC(NC(=O)CCOCCOCCOCCOCCC(=O)NC(C(=O)N3C[C@H](O)C[C@H]3C(=O)NCc3ccc(-c4scnc4C)cc3)C(C)(C)C)CC2)ccc1Nc1ncc(Cl)c(Nc2ccccc2P(C)(C)=O)n1. The summed E-state index contributed by atoms with van der Waals surface area (Å²) in [4.78, 5) is 71.2. The predicted octanol–water partition coefficient (Wildman–Crippen LogP) is 7.05. The molecule has 5 aromatic rings. The van der Waals surface area contributed by atoms with Gasteiger partial charge < -0.3 is 69.7 Å². The Balaban J connectivity index is 0.703. The lowest BCUT2D eigenvalue weighted by Gasteiger charge is -2.35. The fraction of sp³-hybridized carbons (Fsp3) is 0.500. The molecule has 7 rings (SSSR count). The van der Waals surface area contributed by atoms with Crippen molar-refractivity contribution in [3.05, 3.63) is 94.7 Å². The molecule has 444 valence electrons. The summed E-state index contributed by atoms with van der Waals surface area (Å²) < 4.78 is 41.1. The van der Waals surface area contributed by atoms with E-state index in [1.165, 1.54) is 11.1 Å². The third kappa shape index (κ3) is 18.6. The summed E-state index contributed by atoms with van der Waals surface area (Å²) in [6.45, 7) is 14.9. The second-order valence-electron chi connectivity index (χ2n) is 21.6. The highest BCUT2D eigenvalue weighted by molar-refractivity contribution is 7.70. The van der Waals surface area contributed by atoms with Crippen LogP contribution in [-0.4, -0.2) is 166 Å². The summed E-state index contributed by atoms with van der Waals surface area (Å²) >= 11 is 8.04. The zero-order valence-electron chi connectivity index (χ0n) is 47.8. The van der Waals surface area contributed by atoms with Crippen LogP contribution in [0.3, 0.4) is 0 Å². The van der Waals surface area contributed by atoms with E-state index in [0.29, 0.717) is 72.3 Å². The van der Waals surface area contributed by atoms with Gasteiger partial charge in [0.25, 0.3) is 0 Å². The number of nitrogens with zero attached hydrogens (tertiary/aromatic N) is 5. The van der Waals surface area contributed by atoms with Crippen LogP contribution < -0.4 is 41.5 Å². The Kier molecular flexibility index (Phi) is 23.5. The molecule has 2 fully saturated rings. The van der Waals surface area contributed by atoms with Crippen molar-refractivity contribution in [3.8, 4) is 16.2 Å². The Morgan fingerprint density at radius 3 is 2.11 bits per heavy atom. The minimum absolute atomic E-state index is 0.0126. The number of carbonyl (C=O) groups excluding carboxylic acids is 4. The highest BCUT2D eigenvalue weighted by Crippen LogP contribution is 2.39. The van der Waals surface area contributed by atoms with Crippen LogP contribution in [0.1, 0.15) is 64.1 Å². The largest absolute Gasteiger partial charge is 0.494 e. The molecule has 2 saturated heterocycles. The maximum absolute atomic E-state index is 14.0. The number of aliphatic hydroxyl groups is 1. The molecule has 0 spiro atoms. The van der Waals surface area contributed by atoms with Gasteiger partial charge in [0.2, 0.25) is 29.6 Å². The van der Waals surface area contributed by atoms with Gasteiger partial charge in [0.05, 0.1) is 99.7 Å². The van der Waals surface area contributed by atoms with Gasteiger partial charge in [-0.3, -0.25) is 19.2 Å². The summed E-state index contributed by atoms with van der Waals surface area (Å²) in [5.41, 5.74) is 6.32. The molecule has 0 radical (unpaired) electrons. The lowest BCUT2D eigenvalue weighted by atomic mass is 9.85. The molecule has 3 atom stereocenters. The number of piperidine rings is 1. The number of methoxy groups -OCH3 is 1. The number of benzene rings is 3. The minimum atomic E-state index is -2.58. The van der Waals surface area contributed by atoms with Gasteiger partial charge in [-0.2, -0.15) is 4.98 Å². The number of amides is 4. The van der Waals surface area contributed by atoms with Crippen molar-refractivity contribution in [2.75, 3.05) is 108 Å². The average Bonchev–Trinajstić information content (AvgIpc) is 4.20. The molecule has 2 aromatic heterocycles. The second-order valence-corrected chi connectivity index (χ2v) is 26.1. The molecule has 2 aliphatic rings. The van der Waals surface area contributed by atoms with Crippen LogP contribution in [0.2, 0.25) is 5.02 Å². The third-order valence-corrected chi connectivity index (χ3v) is 16.7. The maximum Gasteiger partial charge on any atom is 0.246 e. The predicted molar refractivity (Wildman–Crippen MR) is 320 cm³/mol. The van der Waals surface area contributed by atoms with Crippen molar-refractivity contribution < 1.29 is 52.5 Å². The number of ether oxygens (including phenoxy) is 5. The first-order valence-electron chi connectivity index (χ1n) is 27.6. The van der Waals surface area contributed by atoms with Crippen molar-refractivity contribution >= 4 is 87.8 Å². The third-order valence-electron chi connectivity index (χ3n) is 13.9. The summed E-state index contributed by atoms with van der Waals surface area (Å²) in [5.74, 6) is 0.0273. The van der Waals surface area contributed by atoms with E-state index in [0.717, 1.165) is 53.3 Å². The summed E-state index contributed by atoms with van der Waals surface area (Å²) in [6, 6.07) is 19.3. The van der Waals surface area contributed by atoms with E-state index in [9.17, 15) is 28.8 Å².